The number of hydrogen-bond donors (Lipinski definition) is 0. The summed E-state index contributed by atoms with van der Waals surface area (Å²) in [7, 11) is 0. The van der Waals surface area contributed by atoms with Gasteiger partial charge in [-0.05, 0) is 6.92 Å². The summed E-state index contributed by atoms with van der Waals surface area (Å²) in [6, 6.07) is 0. The minimum atomic E-state index is -3.24. The summed E-state index contributed by atoms with van der Waals surface area (Å²) in [5.41, 5.74) is -2.13. The van der Waals surface area contributed by atoms with Crippen molar-refractivity contribution in [1.29, 1.82) is 0 Å². The molecule has 0 bridgehead atoms. The minimum absolute atomic E-state index is 0.129. The smallest absolute Gasteiger partial charge is 0.359 e. The molecule has 0 aliphatic heterocycles. The first-order valence-electron chi connectivity index (χ1n) is 4.17. The molecule has 0 amide bonds. The van der Waals surface area contributed by atoms with Crippen LogP contribution in [0.2, 0.25) is 0 Å². The predicted molar refractivity (Wildman–Crippen MR) is 42.2 cm³/mol. The molecule has 0 radical (unpaired) electrons. The van der Waals surface area contributed by atoms with E-state index in [1.807, 2.05) is 0 Å². The molecule has 0 saturated carbocycles. The lowest BCUT2D eigenvalue weighted by atomic mass is 10.3. The van der Waals surface area contributed by atoms with Crippen molar-refractivity contribution in [3.63, 3.8) is 0 Å². The topological polar surface area (TPSA) is 57.0 Å². The molecule has 1 heterocycles. The van der Waals surface area contributed by atoms with E-state index in [1.54, 1.807) is 0 Å². The number of nitrogens with zero attached hydrogens (tertiary/aromatic N) is 3. The number of alkyl halides is 4. The van der Waals surface area contributed by atoms with Gasteiger partial charge in [-0.25, -0.2) is 13.6 Å². The Morgan fingerprint density at radius 1 is 1.44 bits per heavy atom. The predicted octanol–water partition coefficient (Wildman–Crippen LogP) is 1.79. The number of rotatable bonds is 4. The Hall–Kier alpha value is -1.67. The SMILES string of the molecule is CCOC(=O)c1c(C(F)F)nnn1C(F)F. The summed E-state index contributed by atoms with van der Waals surface area (Å²) in [5.74, 6) is -1.30. The van der Waals surface area contributed by atoms with Crippen molar-refractivity contribution in [1.82, 2.24) is 15.0 Å². The Bertz CT molecular complexity index is 354. The highest BCUT2D eigenvalue weighted by Crippen LogP contribution is 2.23. The van der Waals surface area contributed by atoms with Crippen LogP contribution in [0.1, 0.15) is 36.1 Å². The van der Waals surface area contributed by atoms with Crippen LogP contribution in [0.3, 0.4) is 0 Å². The van der Waals surface area contributed by atoms with Gasteiger partial charge in [0.2, 0.25) is 0 Å². The lowest BCUT2D eigenvalue weighted by molar-refractivity contribution is 0.0339. The first kappa shape index (κ1) is 12.4. The third-order valence-electron chi connectivity index (χ3n) is 1.58. The van der Waals surface area contributed by atoms with E-state index in [4.69, 9.17) is 0 Å². The van der Waals surface area contributed by atoms with Crippen molar-refractivity contribution in [2.75, 3.05) is 6.61 Å². The Balaban J connectivity index is 3.18. The Morgan fingerprint density at radius 2 is 2.06 bits per heavy atom. The van der Waals surface area contributed by atoms with Gasteiger partial charge in [0.05, 0.1) is 6.61 Å². The van der Waals surface area contributed by atoms with Gasteiger partial charge >= 0.3 is 12.5 Å². The van der Waals surface area contributed by atoms with Crippen molar-refractivity contribution >= 4 is 5.97 Å². The van der Waals surface area contributed by atoms with Gasteiger partial charge in [0, 0.05) is 0 Å². The molecule has 0 fully saturated rings. The summed E-state index contributed by atoms with van der Waals surface area (Å²) in [4.78, 5) is 11.2. The number of hydrogen-bond acceptors (Lipinski definition) is 4. The molecule has 0 aliphatic carbocycles. The number of carbonyl (C=O) groups excluding carboxylic acids is 1. The standard InChI is InChI=1S/C7H7F4N3O2/c1-2-16-6(15)4-3(5(8)9)12-13-14(4)7(10)11/h5,7H,2H2,1H3. The van der Waals surface area contributed by atoms with Crippen LogP contribution >= 0.6 is 0 Å². The number of carbonyl (C=O) groups is 1. The third-order valence-corrected chi connectivity index (χ3v) is 1.58. The van der Waals surface area contributed by atoms with Crippen LogP contribution in [0, 0.1) is 0 Å². The van der Waals surface area contributed by atoms with Crippen LogP contribution in [0.5, 0.6) is 0 Å². The lowest BCUT2D eigenvalue weighted by Gasteiger charge is -2.05. The largest absolute Gasteiger partial charge is 0.461 e. The van der Waals surface area contributed by atoms with Crippen molar-refractivity contribution in [3.05, 3.63) is 11.4 Å². The second-order valence-electron chi connectivity index (χ2n) is 2.57. The van der Waals surface area contributed by atoms with E-state index >= 15 is 0 Å². The molecule has 9 heteroatoms. The second kappa shape index (κ2) is 4.90. The van der Waals surface area contributed by atoms with E-state index in [0.717, 1.165) is 0 Å². The fraction of sp³-hybridized carbons (Fsp3) is 0.571. The summed E-state index contributed by atoms with van der Waals surface area (Å²) < 4.78 is 53.5. The molecule has 1 rings (SSSR count). The van der Waals surface area contributed by atoms with Crippen molar-refractivity contribution in [2.24, 2.45) is 0 Å². The third kappa shape index (κ3) is 2.28. The summed E-state index contributed by atoms with van der Waals surface area (Å²) >= 11 is 0. The molecule has 1 aromatic rings. The fourth-order valence-corrected chi connectivity index (χ4v) is 0.987. The molecular formula is C7H7F4N3O2. The number of esters is 1. The zero-order valence-electron chi connectivity index (χ0n) is 8.03. The van der Waals surface area contributed by atoms with Gasteiger partial charge in [0.1, 0.15) is 0 Å². The lowest BCUT2D eigenvalue weighted by Crippen LogP contribution is -2.15. The highest BCUT2D eigenvalue weighted by atomic mass is 19.3. The van der Waals surface area contributed by atoms with E-state index in [0.29, 0.717) is 0 Å². The van der Waals surface area contributed by atoms with Crippen LogP contribution < -0.4 is 0 Å². The summed E-state index contributed by atoms with van der Waals surface area (Å²) in [5, 5.41) is 5.60. The van der Waals surface area contributed by atoms with Crippen LogP contribution in [0.15, 0.2) is 0 Å². The molecule has 0 saturated heterocycles. The molecule has 1 aromatic heterocycles. The Kier molecular flexibility index (Phi) is 3.80. The highest BCUT2D eigenvalue weighted by Gasteiger charge is 2.30. The number of aromatic nitrogens is 3. The highest BCUT2D eigenvalue weighted by molar-refractivity contribution is 5.88. The summed E-state index contributed by atoms with van der Waals surface area (Å²) in [6.07, 6.45) is -3.17. The monoisotopic (exact) mass is 241 g/mol. The molecule has 0 atom stereocenters. The van der Waals surface area contributed by atoms with Crippen LogP contribution in [-0.2, 0) is 4.74 Å². The van der Waals surface area contributed by atoms with Gasteiger partial charge in [-0.1, -0.05) is 5.21 Å². The molecule has 90 valence electrons. The first-order valence-corrected chi connectivity index (χ1v) is 4.17. The maximum absolute atomic E-state index is 12.3. The van der Waals surface area contributed by atoms with Crippen LogP contribution in [-0.4, -0.2) is 27.6 Å². The van der Waals surface area contributed by atoms with E-state index in [-0.39, 0.29) is 11.3 Å². The maximum Gasteiger partial charge on any atom is 0.359 e. The van der Waals surface area contributed by atoms with Crippen molar-refractivity contribution in [2.45, 2.75) is 19.9 Å². The number of halogens is 4. The van der Waals surface area contributed by atoms with E-state index in [2.05, 4.69) is 15.0 Å². The molecule has 0 aromatic carbocycles. The molecule has 16 heavy (non-hydrogen) atoms. The zero-order chi connectivity index (χ0) is 12.3. The zero-order valence-corrected chi connectivity index (χ0v) is 8.03. The van der Waals surface area contributed by atoms with Gasteiger partial charge in [0.25, 0.3) is 6.43 Å². The van der Waals surface area contributed by atoms with Crippen LogP contribution in [0.25, 0.3) is 0 Å². The number of ether oxygens (including phenoxy) is 1. The quantitative estimate of drug-likeness (QED) is 0.595. The Morgan fingerprint density at radius 3 is 2.50 bits per heavy atom. The average Bonchev–Trinajstić information content (AvgIpc) is 2.61. The Labute approximate surface area is 87.0 Å². The molecular weight excluding hydrogens is 234 g/mol. The molecule has 0 spiro atoms. The molecule has 0 unspecified atom stereocenters. The minimum Gasteiger partial charge on any atom is -0.461 e. The molecule has 0 N–H and O–H groups in total. The van der Waals surface area contributed by atoms with Gasteiger partial charge in [-0.15, -0.1) is 5.10 Å². The average molecular weight is 241 g/mol. The van der Waals surface area contributed by atoms with Gasteiger partial charge in [-0.2, -0.15) is 13.5 Å². The van der Waals surface area contributed by atoms with E-state index in [1.165, 1.54) is 6.92 Å². The van der Waals surface area contributed by atoms with Crippen LogP contribution in [0.4, 0.5) is 17.6 Å². The van der Waals surface area contributed by atoms with E-state index < -0.39 is 30.3 Å². The normalized spacial score (nSPS) is 11.2. The molecule has 0 aliphatic rings. The van der Waals surface area contributed by atoms with Gasteiger partial charge in [0.15, 0.2) is 11.4 Å². The van der Waals surface area contributed by atoms with Crippen molar-refractivity contribution in [3.8, 4) is 0 Å². The second-order valence-corrected chi connectivity index (χ2v) is 2.57. The summed E-state index contributed by atoms with van der Waals surface area (Å²) in [6.45, 7) is -1.95. The van der Waals surface area contributed by atoms with Gasteiger partial charge in [-0.3, -0.25) is 0 Å². The first-order chi connectivity index (χ1) is 7.49. The van der Waals surface area contributed by atoms with Crippen molar-refractivity contribution < 1.29 is 27.1 Å². The van der Waals surface area contributed by atoms with E-state index in [9.17, 15) is 22.4 Å². The van der Waals surface area contributed by atoms with Gasteiger partial charge < -0.3 is 4.74 Å². The fourth-order valence-electron chi connectivity index (χ4n) is 0.987. The maximum atomic E-state index is 12.3. The molecule has 5 nitrogen and oxygen atoms in total.